The summed E-state index contributed by atoms with van der Waals surface area (Å²) < 4.78 is 4.81. The lowest BCUT2D eigenvalue weighted by Crippen LogP contribution is -2.01. The van der Waals surface area contributed by atoms with E-state index in [1.54, 1.807) is 0 Å². The highest BCUT2D eigenvalue weighted by atomic mass is 15.0. The second-order valence-corrected chi connectivity index (χ2v) is 11.1. The van der Waals surface area contributed by atoms with Crippen molar-refractivity contribution in [2.45, 2.75) is 13.1 Å². The SMILES string of the molecule is c1ccc(Cn2c(-c3ccccc3)cc3ccccc32)cc1.c1ccc(Cn2c(-c3ccccc3)cc3ccccc32)cc1. The van der Waals surface area contributed by atoms with Crippen LogP contribution in [0.25, 0.3) is 44.3 Å². The Hall–Kier alpha value is -5.60. The molecule has 0 aliphatic rings. The summed E-state index contributed by atoms with van der Waals surface area (Å²) in [6, 6.07) is 64.2. The third kappa shape index (κ3) is 5.84. The second kappa shape index (κ2) is 12.7. The van der Waals surface area contributed by atoms with Crippen molar-refractivity contribution in [3.8, 4) is 22.5 Å². The van der Waals surface area contributed by atoms with Gasteiger partial charge in [0.25, 0.3) is 0 Å². The summed E-state index contributed by atoms with van der Waals surface area (Å²) >= 11 is 0. The van der Waals surface area contributed by atoms with Gasteiger partial charge in [-0.05, 0) is 46.5 Å². The molecule has 8 rings (SSSR count). The van der Waals surface area contributed by atoms with Gasteiger partial charge in [0.15, 0.2) is 0 Å². The molecule has 0 aliphatic heterocycles. The lowest BCUT2D eigenvalue weighted by Gasteiger charge is -2.11. The lowest BCUT2D eigenvalue weighted by molar-refractivity contribution is 0.845. The van der Waals surface area contributed by atoms with Crippen LogP contribution in [0.1, 0.15) is 11.1 Å². The Morgan fingerprint density at radius 1 is 0.318 bits per heavy atom. The van der Waals surface area contributed by atoms with E-state index in [1.807, 2.05) is 0 Å². The Morgan fingerprint density at radius 3 is 1.02 bits per heavy atom. The van der Waals surface area contributed by atoms with E-state index in [4.69, 9.17) is 0 Å². The number of rotatable bonds is 6. The summed E-state index contributed by atoms with van der Waals surface area (Å²) in [5.74, 6) is 0. The predicted molar refractivity (Wildman–Crippen MR) is 186 cm³/mol. The zero-order valence-corrected chi connectivity index (χ0v) is 24.6. The van der Waals surface area contributed by atoms with Crippen LogP contribution in [-0.2, 0) is 13.1 Å². The van der Waals surface area contributed by atoms with E-state index in [1.165, 1.54) is 55.4 Å². The molecule has 2 nitrogen and oxygen atoms in total. The molecular weight excluding hydrogens is 532 g/mol. The van der Waals surface area contributed by atoms with Crippen molar-refractivity contribution in [1.29, 1.82) is 0 Å². The molecule has 0 unspecified atom stereocenters. The van der Waals surface area contributed by atoms with Crippen LogP contribution in [0.4, 0.5) is 0 Å². The Balaban J connectivity index is 0.000000142. The van der Waals surface area contributed by atoms with Crippen molar-refractivity contribution < 1.29 is 0 Å². The normalized spacial score (nSPS) is 10.9. The van der Waals surface area contributed by atoms with E-state index >= 15 is 0 Å². The molecule has 212 valence electrons. The monoisotopic (exact) mass is 566 g/mol. The highest BCUT2D eigenvalue weighted by Crippen LogP contribution is 2.30. The van der Waals surface area contributed by atoms with Gasteiger partial charge in [0.1, 0.15) is 0 Å². The molecule has 0 saturated heterocycles. The summed E-state index contributed by atoms with van der Waals surface area (Å²) in [7, 11) is 0. The molecule has 0 N–H and O–H groups in total. The van der Waals surface area contributed by atoms with Gasteiger partial charge in [-0.2, -0.15) is 0 Å². The summed E-state index contributed by atoms with van der Waals surface area (Å²) in [6.07, 6.45) is 0. The number of aromatic nitrogens is 2. The first-order valence-corrected chi connectivity index (χ1v) is 15.2. The van der Waals surface area contributed by atoms with Crippen molar-refractivity contribution in [3.05, 3.63) is 193 Å². The van der Waals surface area contributed by atoms with E-state index in [9.17, 15) is 0 Å². The minimum atomic E-state index is 0.887. The maximum atomic E-state index is 2.40. The van der Waals surface area contributed by atoms with Gasteiger partial charge in [-0.15, -0.1) is 0 Å². The van der Waals surface area contributed by atoms with Crippen LogP contribution >= 0.6 is 0 Å². The van der Waals surface area contributed by atoms with Crippen LogP contribution < -0.4 is 0 Å². The van der Waals surface area contributed by atoms with Gasteiger partial charge in [-0.25, -0.2) is 0 Å². The van der Waals surface area contributed by atoms with Crippen LogP contribution in [-0.4, -0.2) is 9.13 Å². The minimum Gasteiger partial charge on any atom is -0.336 e. The molecule has 0 atom stereocenters. The first-order valence-electron chi connectivity index (χ1n) is 15.2. The van der Waals surface area contributed by atoms with E-state index in [2.05, 4.69) is 191 Å². The largest absolute Gasteiger partial charge is 0.336 e. The molecule has 0 spiro atoms. The van der Waals surface area contributed by atoms with Gasteiger partial charge < -0.3 is 9.13 Å². The van der Waals surface area contributed by atoms with Gasteiger partial charge in [-0.3, -0.25) is 0 Å². The molecule has 2 aromatic heterocycles. The van der Waals surface area contributed by atoms with Gasteiger partial charge in [0.05, 0.1) is 0 Å². The second-order valence-electron chi connectivity index (χ2n) is 11.1. The van der Waals surface area contributed by atoms with E-state index in [-0.39, 0.29) is 0 Å². The number of para-hydroxylation sites is 2. The van der Waals surface area contributed by atoms with Gasteiger partial charge in [0.2, 0.25) is 0 Å². The van der Waals surface area contributed by atoms with Gasteiger partial charge in [-0.1, -0.05) is 158 Å². The number of benzene rings is 6. The molecule has 0 radical (unpaired) electrons. The first-order chi connectivity index (χ1) is 21.8. The smallest absolute Gasteiger partial charge is 0.0494 e. The number of hydrogen-bond donors (Lipinski definition) is 0. The fraction of sp³-hybridized carbons (Fsp3) is 0.0476. The van der Waals surface area contributed by atoms with Crippen LogP contribution in [0.2, 0.25) is 0 Å². The quantitative estimate of drug-likeness (QED) is 0.189. The molecule has 2 heteroatoms. The average molecular weight is 567 g/mol. The van der Waals surface area contributed by atoms with E-state index in [0.717, 1.165) is 13.1 Å². The van der Waals surface area contributed by atoms with Crippen molar-refractivity contribution in [3.63, 3.8) is 0 Å². The number of fused-ring (bicyclic) bond motifs is 2. The molecule has 0 saturated carbocycles. The molecule has 2 heterocycles. The van der Waals surface area contributed by atoms with Crippen LogP contribution in [0.3, 0.4) is 0 Å². The zero-order valence-electron chi connectivity index (χ0n) is 24.6. The Morgan fingerprint density at radius 2 is 0.636 bits per heavy atom. The topological polar surface area (TPSA) is 9.86 Å². The van der Waals surface area contributed by atoms with Gasteiger partial charge >= 0.3 is 0 Å². The molecule has 6 aromatic carbocycles. The third-order valence-corrected chi connectivity index (χ3v) is 8.13. The summed E-state index contributed by atoms with van der Waals surface area (Å²) in [4.78, 5) is 0. The molecule has 8 aromatic rings. The highest BCUT2D eigenvalue weighted by molar-refractivity contribution is 5.88. The summed E-state index contributed by atoms with van der Waals surface area (Å²) in [5, 5.41) is 2.58. The maximum Gasteiger partial charge on any atom is 0.0494 e. The fourth-order valence-corrected chi connectivity index (χ4v) is 5.99. The fourth-order valence-electron chi connectivity index (χ4n) is 5.99. The third-order valence-electron chi connectivity index (χ3n) is 8.13. The van der Waals surface area contributed by atoms with E-state index < -0.39 is 0 Å². The molecular formula is C42H34N2. The summed E-state index contributed by atoms with van der Waals surface area (Å²) in [6.45, 7) is 1.77. The van der Waals surface area contributed by atoms with Crippen LogP contribution in [0.5, 0.6) is 0 Å². The Bertz CT molecular complexity index is 1930. The first kappa shape index (κ1) is 27.2. The molecule has 0 aliphatic carbocycles. The molecule has 44 heavy (non-hydrogen) atoms. The minimum absolute atomic E-state index is 0.887. The standard InChI is InChI=1S/2C21H17N/c2*1-3-9-17(10-4-1)16-22-20-14-8-7-13-19(20)15-21(22)18-11-5-2-6-12-18/h2*1-15H,16H2. The van der Waals surface area contributed by atoms with Crippen molar-refractivity contribution >= 4 is 21.8 Å². The maximum absolute atomic E-state index is 2.40. The molecule has 0 fully saturated rings. The van der Waals surface area contributed by atoms with E-state index in [0.29, 0.717) is 0 Å². The van der Waals surface area contributed by atoms with Crippen LogP contribution in [0, 0.1) is 0 Å². The number of nitrogens with zero attached hydrogens (tertiary/aromatic N) is 2. The van der Waals surface area contributed by atoms with Crippen molar-refractivity contribution in [2.24, 2.45) is 0 Å². The summed E-state index contributed by atoms with van der Waals surface area (Å²) in [5.41, 5.74) is 10.3. The van der Waals surface area contributed by atoms with Crippen molar-refractivity contribution in [1.82, 2.24) is 9.13 Å². The van der Waals surface area contributed by atoms with Crippen molar-refractivity contribution in [2.75, 3.05) is 0 Å². The number of hydrogen-bond acceptors (Lipinski definition) is 0. The highest BCUT2D eigenvalue weighted by Gasteiger charge is 2.12. The van der Waals surface area contributed by atoms with Crippen LogP contribution in [0.15, 0.2) is 182 Å². The molecule has 0 bridgehead atoms. The Kier molecular flexibility index (Phi) is 7.88. The average Bonchev–Trinajstić information content (AvgIpc) is 3.65. The van der Waals surface area contributed by atoms with Gasteiger partial charge in [0, 0.05) is 46.3 Å². The predicted octanol–water partition coefficient (Wildman–Crippen LogP) is 10.7. The zero-order chi connectivity index (χ0) is 29.6. The molecule has 0 amide bonds. The Labute approximate surface area is 259 Å². The lowest BCUT2D eigenvalue weighted by atomic mass is 10.1.